The van der Waals surface area contributed by atoms with Crippen LogP contribution in [0, 0.1) is 17.7 Å². The molecule has 0 radical (unpaired) electrons. The zero-order valence-corrected chi connectivity index (χ0v) is 12.5. The van der Waals surface area contributed by atoms with Gasteiger partial charge in [-0.2, -0.15) is 0 Å². The van der Waals surface area contributed by atoms with Crippen molar-refractivity contribution in [3.8, 4) is 0 Å². The third-order valence-electron chi connectivity index (χ3n) is 4.25. The number of hydrogen-bond acceptors (Lipinski definition) is 1. The topological polar surface area (TPSA) is 12.0 Å². The Bertz CT molecular complexity index is 413. The molecule has 1 nitrogen and oxygen atoms in total. The summed E-state index contributed by atoms with van der Waals surface area (Å²) in [7, 11) is 0. The Labute approximate surface area is 120 Å². The minimum atomic E-state index is -0.144. The fourth-order valence-corrected chi connectivity index (χ4v) is 3.30. The van der Waals surface area contributed by atoms with E-state index in [9.17, 15) is 4.39 Å². The second-order valence-corrected chi connectivity index (χ2v) is 6.16. The highest BCUT2D eigenvalue weighted by molar-refractivity contribution is 6.30. The maximum atomic E-state index is 14.1. The second kappa shape index (κ2) is 6.71. The molecule has 1 N–H and O–H groups in total. The first-order valence-corrected chi connectivity index (χ1v) is 7.68. The van der Waals surface area contributed by atoms with Gasteiger partial charge in [0.2, 0.25) is 0 Å². The highest BCUT2D eigenvalue weighted by atomic mass is 35.5. The van der Waals surface area contributed by atoms with Crippen LogP contribution in [0.5, 0.6) is 0 Å². The van der Waals surface area contributed by atoms with Gasteiger partial charge in [-0.1, -0.05) is 38.3 Å². The van der Waals surface area contributed by atoms with Crippen LogP contribution in [-0.2, 0) is 0 Å². The van der Waals surface area contributed by atoms with Crippen molar-refractivity contribution in [1.29, 1.82) is 0 Å². The summed E-state index contributed by atoms with van der Waals surface area (Å²) >= 11 is 6.03. The lowest BCUT2D eigenvalue weighted by Gasteiger charge is -2.33. The van der Waals surface area contributed by atoms with Gasteiger partial charge in [-0.25, -0.2) is 4.39 Å². The highest BCUT2D eigenvalue weighted by Gasteiger charge is 2.28. The van der Waals surface area contributed by atoms with Crippen molar-refractivity contribution in [2.24, 2.45) is 11.8 Å². The lowest BCUT2D eigenvalue weighted by molar-refractivity contribution is 0.230. The molecule has 1 fully saturated rings. The van der Waals surface area contributed by atoms with Gasteiger partial charge in [0.25, 0.3) is 0 Å². The molecule has 1 aliphatic carbocycles. The van der Waals surface area contributed by atoms with Crippen LogP contribution in [0.1, 0.15) is 51.1 Å². The molecule has 1 aromatic carbocycles. The average Bonchev–Trinajstić information content (AvgIpc) is 2.40. The largest absolute Gasteiger partial charge is 0.310 e. The van der Waals surface area contributed by atoms with Crippen molar-refractivity contribution in [1.82, 2.24) is 5.32 Å². The molecule has 1 atom stereocenters. The van der Waals surface area contributed by atoms with Gasteiger partial charge < -0.3 is 5.32 Å². The van der Waals surface area contributed by atoms with Gasteiger partial charge in [0.05, 0.1) is 0 Å². The van der Waals surface area contributed by atoms with E-state index in [2.05, 4.69) is 19.2 Å². The maximum absolute atomic E-state index is 14.1. The molecule has 0 amide bonds. The van der Waals surface area contributed by atoms with Crippen molar-refractivity contribution >= 4 is 11.6 Å². The summed E-state index contributed by atoms with van der Waals surface area (Å²) in [5.41, 5.74) is 0.730. The zero-order valence-electron chi connectivity index (χ0n) is 11.8. The molecule has 0 heterocycles. The minimum absolute atomic E-state index is 0.0937. The third-order valence-corrected chi connectivity index (χ3v) is 4.48. The van der Waals surface area contributed by atoms with Crippen molar-refractivity contribution in [2.45, 2.75) is 45.6 Å². The van der Waals surface area contributed by atoms with E-state index < -0.39 is 0 Å². The standard InChI is InChI=1S/C16H23ClFN/c1-3-19-16(12-6-4-11(2)5-7-12)14-10-13(17)8-9-15(14)18/h8-12,16,19H,3-7H2,1-2H3. The van der Waals surface area contributed by atoms with Crippen LogP contribution in [-0.4, -0.2) is 6.54 Å². The highest BCUT2D eigenvalue weighted by Crippen LogP contribution is 2.38. The SMILES string of the molecule is CCNC(c1cc(Cl)ccc1F)C1CCC(C)CC1. The van der Waals surface area contributed by atoms with Crippen molar-refractivity contribution in [2.75, 3.05) is 6.54 Å². The number of nitrogens with one attached hydrogen (secondary N) is 1. The summed E-state index contributed by atoms with van der Waals surface area (Å²) in [6.45, 7) is 5.22. The van der Waals surface area contributed by atoms with Crippen LogP contribution in [0.15, 0.2) is 18.2 Å². The van der Waals surface area contributed by atoms with Gasteiger partial charge >= 0.3 is 0 Å². The molecule has 1 aliphatic rings. The summed E-state index contributed by atoms with van der Waals surface area (Å²) in [5, 5.41) is 4.07. The van der Waals surface area contributed by atoms with Gasteiger partial charge in [-0.05, 0) is 49.4 Å². The minimum Gasteiger partial charge on any atom is -0.310 e. The molecule has 3 heteroatoms. The first-order valence-electron chi connectivity index (χ1n) is 7.30. The van der Waals surface area contributed by atoms with Gasteiger partial charge in [-0.15, -0.1) is 0 Å². The normalized spacial score (nSPS) is 25.3. The van der Waals surface area contributed by atoms with Gasteiger partial charge in [0.15, 0.2) is 0 Å². The second-order valence-electron chi connectivity index (χ2n) is 5.72. The van der Waals surface area contributed by atoms with Crippen LogP contribution in [0.25, 0.3) is 0 Å². The zero-order chi connectivity index (χ0) is 13.8. The summed E-state index contributed by atoms with van der Waals surface area (Å²) in [5.74, 6) is 1.18. The van der Waals surface area contributed by atoms with E-state index in [-0.39, 0.29) is 11.9 Å². The molecule has 0 saturated heterocycles. The van der Waals surface area contributed by atoms with E-state index in [0.29, 0.717) is 10.9 Å². The molecule has 2 rings (SSSR count). The van der Waals surface area contributed by atoms with Crippen LogP contribution in [0.2, 0.25) is 5.02 Å². The molecular formula is C16H23ClFN. The molecular weight excluding hydrogens is 261 g/mol. The number of halogens is 2. The Morgan fingerprint density at radius 1 is 1.32 bits per heavy atom. The average molecular weight is 284 g/mol. The monoisotopic (exact) mass is 283 g/mol. The number of benzene rings is 1. The smallest absolute Gasteiger partial charge is 0.128 e. The first kappa shape index (κ1) is 14.8. The van der Waals surface area contributed by atoms with Crippen molar-refractivity contribution < 1.29 is 4.39 Å². The van der Waals surface area contributed by atoms with Crippen LogP contribution >= 0.6 is 11.6 Å². The van der Waals surface area contributed by atoms with Crippen molar-refractivity contribution in [3.05, 3.63) is 34.6 Å². The van der Waals surface area contributed by atoms with E-state index in [4.69, 9.17) is 11.6 Å². The Morgan fingerprint density at radius 3 is 2.63 bits per heavy atom. The molecule has 1 aromatic rings. The maximum Gasteiger partial charge on any atom is 0.128 e. The Morgan fingerprint density at radius 2 is 2.00 bits per heavy atom. The van der Waals surface area contributed by atoms with Gasteiger partial charge in [0, 0.05) is 16.6 Å². The summed E-state index contributed by atoms with van der Waals surface area (Å²) in [6, 6.07) is 4.97. The quantitative estimate of drug-likeness (QED) is 0.824. The lowest BCUT2D eigenvalue weighted by atomic mass is 9.77. The Balaban J connectivity index is 2.21. The van der Waals surface area contributed by atoms with E-state index >= 15 is 0 Å². The molecule has 0 bridgehead atoms. The molecule has 19 heavy (non-hydrogen) atoms. The van der Waals surface area contributed by atoms with E-state index in [1.165, 1.54) is 31.7 Å². The molecule has 106 valence electrons. The molecule has 0 spiro atoms. The van der Waals surface area contributed by atoms with Crippen LogP contribution in [0.4, 0.5) is 4.39 Å². The molecule has 1 unspecified atom stereocenters. The van der Waals surface area contributed by atoms with Gasteiger partial charge in [-0.3, -0.25) is 0 Å². The fourth-order valence-electron chi connectivity index (χ4n) is 3.12. The summed E-state index contributed by atoms with van der Waals surface area (Å²) in [4.78, 5) is 0. The van der Waals surface area contributed by atoms with E-state index in [1.807, 2.05) is 0 Å². The third kappa shape index (κ3) is 3.70. The predicted octanol–water partition coefficient (Wildman–Crippen LogP) is 4.96. The number of hydrogen-bond donors (Lipinski definition) is 1. The Hall–Kier alpha value is -0.600. The molecule has 0 aromatic heterocycles. The molecule has 1 saturated carbocycles. The molecule has 0 aliphatic heterocycles. The lowest BCUT2D eigenvalue weighted by Crippen LogP contribution is -2.31. The number of rotatable bonds is 4. The summed E-state index contributed by atoms with van der Waals surface area (Å²) in [6.07, 6.45) is 4.83. The summed E-state index contributed by atoms with van der Waals surface area (Å²) < 4.78 is 14.1. The van der Waals surface area contributed by atoms with E-state index in [1.54, 1.807) is 12.1 Å². The fraction of sp³-hybridized carbons (Fsp3) is 0.625. The van der Waals surface area contributed by atoms with Gasteiger partial charge in [0.1, 0.15) is 5.82 Å². The predicted molar refractivity (Wildman–Crippen MR) is 78.9 cm³/mol. The van der Waals surface area contributed by atoms with Crippen LogP contribution < -0.4 is 5.32 Å². The first-order chi connectivity index (χ1) is 9.11. The van der Waals surface area contributed by atoms with Crippen molar-refractivity contribution in [3.63, 3.8) is 0 Å². The Kier molecular flexibility index (Phi) is 5.23. The van der Waals surface area contributed by atoms with Crippen LogP contribution in [0.3, 0.4) is 0 Å². The van der Waals surface area contributed by atoms with E-state index in [0.717, 1.165) is 18.0 Å².